The molecular formula is C20H32N4. The summed E-state index contributed by atoms with van der Waals surface area (Å²) in [5, 5.41) is 0. The Morgan fingerprint density at radius 1 is 0.708 bits per heavy atom. The fraction of sp³-hybridized carbons (Fsp3) is 0.400. The van der Waals surface area contributed by atoms with Crippen LogP contribution >= 0.6 is 0 Å². The van der Waals surface area contributed by atoms with Gasteiger partial charge in [-0.1, -0.05) is 13.3 Å². The van der Waals surface area contributed by atoms with Gasteiger partial charge in [-0.25, -0.2) is 0 Å². The zero-order valence-electron chi connectivity index (χ0n) is 15.5. The summed E-state index contributed by atoms with van der Waals surface area (Å²) in [4.78, 5) is 4.42. The quantitative estimate of drug-likeness (QED) is 0.779. The number of nitrogen functional groups attached to an aromatic ring is 2. The van der Waals surface area contributed by atoms with Crippen LogP contribution in [-0.2, 0) is 0 Å². The van der Waals surface area contributed by atoms with Crippen molar-refractivity contribution in [1.82, 2.24) is 0 Å². The summed E-state index contributed by atoms with van der Waals surface area (Å²) in [5.74, 6) is 0. The minimum atomic E-state index is 0.818. The molecule has 2 aromatic rings. The Balaban J connectivity index is 0.000000243. The standard InChI is InChI=1S/C11H18N2.C9H14N2/c1-3-4-9-13(2)11-7-5-10(12)6-8-11;1-3-11(2)9-6-4-8(10)5-7-9/h5-8H,3-4,9,12H2,1-2H3;4-7H,3,10H2,1-2H3. The van der Waals surface area contributed by atoms with Crippen molar-refractivity contribution in [1.29, 1.82) is 0 Å². The van der Waals surface area contributed by atoms with Crippen molar-refractivity contribution in [2.75, 3.05) is 48.5 Å². The van der Waals surface area contributed by atoms with Crippen LogP contribution in [0.4, 0.5) is 22.7 Å². The van der Waals surface area contributed by atoms with Gasteiger partial charge in [-0.2, -0.15) is 0 Å². The molecule has 2 aromatic carbocycles. The molecule has 0 heterocycles. The molecule has 0 atom stereocenters. The molecule has 132 valence electrons. The molecule has 0 saturated carbocycles. The Morgan fingerprint density at radius 3 is 1.50 bits per heavy atom. The summed E-state index contributed by atoms with van der Waals surface area (Å²) in [6.45, 7) is 6.46. The molecule has 0 radical (unpaired) electrons. The van der Waals surface area contributed by atoms with Crippen molar-refractivity contribution in [3.05, 3.63) is 48.5 Å². The molecule has 0 aromatic heterocycles. The SMILES string of the molecule is CCCCN(C)c1ccc(N)cc1.CCN(C)c1ccc(N)cc1. The molecule has 0 aliphatic heterocycles. The lowest BCUT2D eigenvalue weighted by Gasteiger charge is -2.18. The van der Waals surface area contributed by atoms with Crippen LogP contribution in [0.25, 0.3) is 0 Å². The third-order valence-corrected chi connectivity index (χ3v) is 3.99. The molecule has 0 saturated heterocycles. The first-order valence-electron chi connectivity index (χ1n) is 8.61. The summed E-state index contributed by atoms with van der Waals surface area (Å²) in [6, 6.07) is 15.9. The topological polar surface area (TPSA) is 58.5 Å². The van der Waals surface area contributed by atoms with Gasteiger partial charge in [0.1, 0.15) is 0 Å². The van der Waals surface area contributed by atoms with Crippen molar-refractivity contribution in [2.45, 2.75) is 26.7 Å². The van der Waals surface area contributed by atoms with Gasteiger partial charge in [0.2, 0.25) is 0 Å². The van der Waals surface area contributed by atoms with E-state index in [0.717, 1.165) is 24.5 Å². The van der Waals surface area contributed by atoms with Gasteiger partial charge in [-0.3, -0.25) is 0 Å². The molecule has 2 rings (SSSR count). The van der Waals surface area contributed by atoms with E-state index in [1.54, 1.807) is 0 Å². The molecule has 0 spiro atoms. The third kappa shape index (κ3) is 6.82. The number of unbranched alkanes of at least 4 members (excludes halogenated alkanes) is 1. The Kier molecular flexibility index (Phi) is 8.55. The van der Waals surface area contributed by atoms with Crippen LogP contribution in [0, 0.1) is 0 Å². The van der Waals surface area contributed by atoms with Gasteiger partial charge in [0.15, 0.2) is 0 Å². The Labute approximate surface area is 147 Å². The van der Waals surface area contributed by atoms with Gasteiger partial charge in [-0.05, 0) is 61.9 Å². The van der Waals surface area contributed by atoms with Gasteiger partial charge >= 0.3 is 0 Å². The van der Waals surface area contributed by atoms with E-state index in [4.69, 9.17) is 11.5 Å². The zero-order chi connectivity index (χ0) is 17.9. The highest BCUT2D eigenvalue weighted by atomic mass is 15.1. The molecule has 4 heteroatoms. The molecule has 0 amide bonds. The number of hydrogen-bond acceptors (Lipinski definition) is 4. The summed E-state index contributed by atoms with van der Waals surface area (Å²) >= 11 is 0. The second kappa shape index (κ2) is 10.4. The van der Waals surface area contributed by atoms with Crippen LogP contribution in [-0.4, -0.2) is 27.2 Å². The minimum absolute atomic E-state index is 0.818. The average molecular weight is 329 g/mol. The van der Waals surface area contributed by atoms with Crippen LogP contribution in [0.1, 0.15) is 26.7 Å². The van der Waals surface area contributed by atoms with E-state index >= 15 is 0 Å². The number of rotatable bonds is 6. The molecule has 0 unspecified atom stereocenters. The Hall–Kier alpha value is -2.36. The van der Waals surface area contributed by atoms with Crippen molar-refractivity contribution in [3.8, 4) is 0 Å². The summed E-state index contributed by atoms with van der Waals surface area (Å²) in [6.07, 6.45) is 2.47. The van der Waals surface area contributed by atoms with E-state index in [-0.39, 0.29) is 0 Å². The number of nitrogens with zero attached hydrogens (tertiary/aromatic N) is 2. The number of nitrogens with two attached hydrogens (primary N) is 2. The maximum absolute atomic E-state index is 5.61. The van der Waals surface area contributed by atoms with Gasteiger partial charge in [-0.15, -0.1) is 0 Å². The summed E-state index contributed by atoms with van der Waals surface area (Å²) < 4.78 is 0. The van der Waals surface area contributed by atoms with Crippen LogP contribution in [0.3, 0.4) is 0 Å². The second-order valence-corrected chi connectivity index (χ2v) is 5.97. The minimum Gasteiger partial charge on any atom is -0.399 e. The lowest BCUT2D eigenvalue weighted by atomic mass is 10.2. The largest absolute Gasteiger partial charge is 0.399 e. The monoisotopic (exact) mass is 328 g/mol. The van der Waals surface area contributed by atoms with Gasteiger partial charge < -0.3 is 21.3 Å². The molecule has 24 heavy (non-hydrogen) atoms. The van der Waals surface area contributed by atoms with E-state index in [1.165, 1.54) is 24.2 Å². The van der Waals surface area contributed by atoms with E-state index in [2.05, 4.69) is 49.9 Å². The fourth-order valence-corrected chi connectivity index (χ4v) is 2.16. The molecule has 0 bridgehead atoms. The average Bonchev–Trinajstić information content (AvgIpc) is 2.61. The number of benzene rings is 2. The molecule has 4 N–H and O–H groups in total. The van der Waals surface area contributed by atoms with E-state index in [1.807, 2.05) is 36.4 Å². The van der Waals surface area contributed by atoms with Crippen LogP contribution in [0.15, 0.2) is 48.5 Å². The Morgan fingerprint density at radius 2 is 1.12 bits per heavy atom. The lowest BCUT2D eigenvalue weighted by molar-refractivity contribution is 0.767. The normalized spacial score (nSPS) is 9.83. The lowest BCUT2D eigenvalue weighted by Crippen LogP contribution is -2.17. The van der Waals surface area contributed by atoms with Crippen molar-refractivity contribution in [3.63, 3.8) is 0 Å². The highest BCUT2D eigenvalue weighted by Gasteiger charge is 1.98. The molecule has 0 fully saturated rings. The number of anilines is 4. The maximum Gasteiger partial charge on any atom is 0.0365 e. The van der Waals surface area contributed by atoms with Crippen LogP contribution < -0.4 is 21.3 Å². The van der Waals surface area contributed by atoms with Crippen molar-refractivity contribution >= 4 is 22.7 Å². The first kappa shape index (κ1) is 19.7. The van der Waals surface area contributed by atoms with E-state index in [9.17, 15) is 0 Å². The predicted molar refractivity (Wildman–Crippen MR) is 109 cm³/mol. The smallest absolute Gasteiger partial charge is 0.0365 e. The first-order valence-corrected chi connectivity index (χ1v) is 8.61. The van der Waals surface area contributed by atoms with E-state index in [0.29, 0.717) is 0 Å². The molecule has 0 aliphatic carbocycles. The third-order valence-electron chi connectivity index (χ3n) is 3.99. The van der Waals surface area contributed by atoms with Gasteiger partial charge in [0, 0.05) is 49.9 Å². The highest BCUT2D eigenvalue weighted by molar-refractivity contribution is 5.53. The fourth-order valence-electron chi connectivity index (χ4n) is 2.16. The first-order chi connectivity index (χ1) is 11.5. The summed E-state index contributed by atoms with van der Waals surface area (Å²) in [7, 11) is 4.17. The Bertz CT molecular complexity index is 563. The molecule has 4 nitrogen and oxygen atoms in total. The van der Waals surface area contributed by atoms with Gasteiger partial charge in [0.05, 0.1) is 0 Å². The predicted octanol–water partition coefficient (Wildman–Crippen LogP) is 4.23. The van der Waals surface area contributed by atoms with Crippen molar-refractivity contribution < 1.29 is 0 Å². The summed E-state index contributed by atoms with van der Waals surface area (Å²) in [5.41, 5.74) is 15.3. The van der Waals surface area contributed by atoms with Crippen LogP contribution in [0.5, 0.6) is 0 Å². The van der Waals surface area contributed by atoms with Crippen molar-refractivity contribution in [2.24, 2.45) is 0 Å². The second-order valence-electron chi connectivity index (χ2n) is 5.97. The van der Waals surface area contributed by atoms with E-state index < -0.39 is 0 Å². The highest BCUT2D eigenvalue weighted by Crippen LogP contribution is 2.15. The molecular weight excluding hydrogens is 296 g/mol. The van der Waals surface area contributed by atoms with Gasteiger partial charge in [0.25, 0.3) is 0 Å². The number of hydrogen-bond donors (Lipinski definition) is 2. The van der Waals surface area contributed by atoms with Crippen LogP contribution in [0.2, 0.25) is 0 Å². The molecule has 0 aliphatic rings. The maximum atomic E-state index is 5.61. The zero-order valence-corrected chi connectivity index (χ0v) is 15.5.